The molecule has 3 amide bonds. The number of carboxylic acids is 1. The molecule has 10 N–H and O–H groups in total. The number of hydrogen-bond acceptors (Lipinski definition) is 5. The van der Waals surface area contributed by atoms with Gasteiger partial charge in [0.05, 0.1) is 0 Å². The fourth-order valence-corrected chi connectivity index (χ4v) is 3.55. The third-order valence-corrected chi connectivity index (χ3v) is 5.53. The molecule has 0 unspecified atom stereocenters. The second-order valence-electron chi connectivity index (χ2n) is 8.70. The Bertz CT molecular complexity index is 1340. The molecule has 0 spiro atoms. The van der Waals surface area contributed by atoms with E-state index >= 15 is 0 Å². The quantitative estimate of drug-likeness (QED) is 0.100. The van der Waals surface area contributed by atoms with Crippen LogP contribution in [0.2, 0.25) is 0 Å². The lowest BCUT2D eigenvalue weighted by atomic mass is 10.0. The minimum atomic E-state index is -5.08. The normalized spacial score (nSPS) is 12.3. The van der Waals surface area contributed by atoms with E-state index in [1.165, 1.54) is 0 Å². The summed E-state index contributed by atoms with van der Waals surface area (Å²) in [5.41, 5.74) is 18.2. The van der Waals surface area contributed by atoms with E-state index in [2.05, 4.69) is 20.6 Å². The Labute approximate surface area is 232 Å². The predicted molar refractivity (Wildman–Crippen MR) is 144 cm³/mol. The molecule has 2 aromatic carbocycles. The molecule has 0 saturated heterocycles. The van der Waals surface area contributed by atoms with Crippen molar-refractivity contribution < 1.29 is 37.5 Å². The number of amides is 3. The maximum atomic E-state index is 13.1. The van der Waals surface area contributed by atoms with Crippen LogP contribution in [0.3, 0.4) is 0 Å². The maximum Gasteiger partial charge on any atom is 0.490 e. The standard InChI is InChI=1S/C24H29N7O3.C2HF3O2/c25-21(32)19(13-15-7-2-1-3-8-15)31-22(33)18(11-6-12-28-24(26)27)30-23(34)20-14-16-9-4-5-10-17(16)29-20;3-2(4,5)1(6)7/h1-5,7-10,14,18-19,29H,6,11-13H2,(H2,25,32)(H,30,34)(H,31,33)(H4,26,27,28);(H,6,7)/t18-,19-;/m0./s1. The second kappa shape index (κ2) is 14.9. The van der Waals surface area contributed by atoms with E-state index < -0.39 is 42.0 Å². The van der Waals surface area contributed by atoms with Gasteiger partial charge in [0.25, 0.3) is 5.91 Å². The predicted octanol–water partition coefficient (Wildman–Crippen LogP) is 1.17. The molecule has 220 valence electrons. The minimum absolute atomic E-state index is 0.0558. The van der Waals surface area contributed by atoms with Gasteiger partial charge in [-0.25, -0.2) is 4.79 Å². The summed E-state index contributed by atoms with van der Waals surface area (Å²) < 4.78 is 31.7. The number of nitrogens with two attached hydrogens (primary N) is 3. The molecule has 2 atom stereocenters. The molecule has 15 heteroatoms. The fraction of sp³-hybridized carbons (Fsp3) is 0.269. The van der Waals surface area contributed by atoms with Crippen molar-refractivity contribution in [2.24, 2.45) is 22.2 Å². The molecule has 41 heavy (non-hydrogen) atoms. The highest BCUT2D eigenvalue weighted by Gasteiger charge is 2.38. The van der Waals surface area contributed by atoms with Crippen molar-refractivity contribution in [2.45, 2.75) is 37.5 Å². The molecule has 0 aliphatic carbocycles. The van der Waals surface area contributed by atoms with Gasteiger partial charge in [-0.2, -0.15) is 13.2 Å². The monoisotopic (exact) mass is 577 g/mol. The molecule has 0 aliphatic rings. The number of aliphatic carboxylic acids is 1. The molecular weight excluding hydrogens is 547 g/mol. The van der Waals surface area contributed by atoms with Gasteiger partial charge in [-0.3, -0.25) is 19.4 Å². The van der Waals surface area contributed by atoms with Crippen molar-refractivity contribution in [3.63, 3.8) is 0 Å². The SMILES string of the molecule is NC(=O)[C@H](Cc1ccccc1)NC(=O)[C@H](CCCN=C(N)N)NC(=O)c1cc2ccccc2[nH]1.O=C(O)C(F)(F)F. The van der Waals surface area contributed by atoms with Gasteiger partial charge >= 0.3 is 12.1 Å². The van der Waals surface area contributed by atoms with Gasteiger partial charge in [0, 0.05) is 23.9 Å². The number of para-hydroxylation sites is 1. The number of nitrogens with one attached hydrogen (secondary N) is 3. The summed E-state index contributed by atoms with van der Waals surface area (Å²) in [4.78, 5) is 53.8. The number of halogens is 3. The lowest BCUT2D eigenvalue weighted by Gasteiger charge is -2.22. The summed E-state index contributed by atoms with van der Waals surface area (Å²) >= 11 is 0. The molecule has 0 bridgehead atoms. The van der Waals surface area contributed by atoms with Crippen molar-refractivity contribution in [3.8, 4) is 0 Å². The zero-order valence-corrected chi connectivity index (χ0v) is 21.6. The van der Waals surface area contributed by atoms with E-state index in [1.54, 1.807) is 6.07 Å². The number of alkyl halides is 3. The number of carboxylic acid groups (broad SMARTS) is 1. The summed E-state index contributed by atoms with van der Waals surface area (Å²) in [5, 5.41) is 13.4. The van der Waals surface area contributed by atoms with E-state index in [9.17, 15) is 27.6 Å². The molecule has 0 saturated carbocycles. The highest BCUT2D eigenvalue weighted by Crippen LogP contribution is 2.15. The lowest BCUT2D eigenvalue weighted by Crippen LogP contribution is -2.53. The topological polar surface area (TPSA) is 219 Å². The van der Waals surface area contributed by atoms with Gasteiger partial charge in [-0.05, 0) is 30.5 Å². The van der Waals surface area contributed by atoms with E-state index in [1.807, 2.05) is 54.6 Å². The first-order chi connectivity index (χ1) is 19.3. The third kappa shape index (κ3) is 10.9. The highest BCUT2D eigenvalue weighted by molar-refractivity contribution is 6.00. The number of nitrogens with zero attached hydrogens (tertiary/aromatic N) is 1. The number of aliphatic imine (C=N–C) groups is 1. The van der Waals surface area contributed by atoms with Gasteiger partial charge in [-0.1, -0.05) is 48.5 Å². The van der Waals surface area contributed by atoms with Crippen LogP contribution in [0, 0.1) is 0 Å². The summed E-state index contributed by atoms with van der Waals surface area (Å²) in [5.74, 6) is -4.45. The first-order valence-corrected chi connectivity index (χ1v) is 12.2. The highest BCUT2D eigenvalue weighted by atomic mass is 19.4. The Hall–Kier alpha value is -5.08. The Morgan fingerprint density at radius 3 is 2.10 bits per heavy atom. The van der Waals surface area contributed by atoms with Crippen LogP contribution in [-0.4, -0.2) is 64.5 Å². The van der Waals surface area contributed by atoms with Crippen LogP contribution in [0.1, 0.15) is 28.9 Å². The van der Waals surface area contributed by atoms with Gasteiger partial charge in [-0.15, -0.1) is 0 Å². The first-order valence-electron chi connectivity index (χ1n) is 12.2. The van der Waals surface area contributed by atoms with Gasteiger partial charge in [0.1, 0.15) is 17.8 Å². The van der Waals surface area contributed by atoms with Crippen LogP contribution in [0.4, 0.5) is 13.2 Å². The van der Waals surface area contributed by atoms with Crippen molar-refractivity contribution >= 4 is 40.6 Å². The van der Waals surface area contributed by atoms with Crippen molar-refractivity contribution in [3.05, 3.63) is 71.9 Å². The molecule has 1 aromatic heterocycles. The number of primary amides is 1. The van der Waals surface area contributed by atoms with Crippen molar-refractivity contribution in [1.29, 1.82) is 0 Å². The van der Waals surface area contributed by atoms with E-state index in [4.69, 9.17) is 27.1 Å². The largest absolute Gasteiger partial charge is 0.490 e. The van der Waals surface area contributed by atoms with Crippen LogP contribution >= 0.6 is 0 Å². The fourth-order valence-electron chi connectivity index (χ4n) is 3.55. The first kappa shape index (κ1) is 32.1. The number of aromatic nitrogens is 1. The van der Waals surface area contributed by atoms with Crippen LogP contribution in [-0.2, 0) is 20.8 Å². The molecule has 12 nitrogen and oxygen atoms in total. The molecular formula is C26H30F3N7O5. The zero-order chi connectivity index (χ0) is 30.6. The molecule has 3 aromatic rings. The Kier molecular flexibility index (Phi) is 11.7. The molecule has 1 heterocycles. The number of carbonyl (C=O) groups is 4. The lowest BCUT2D eigenvalue weighted by molar-refractivity contribution is -0.192. The number of hydrogen-bond donors (Lipinski definition) is 7. The van der Waals surface area contributed by atoms with Gasteiger partial charge in [0.2, 0.25) is 11.8 Å². The van der Waals surface area contributed by atoms with E-state index in [-0.39, 0.29) is 25.3 Å². The number of carbonyl (C=O) groups excluding carboxylic acids is 3. The third-order valence-electron chi connectivity index (χ3n) is 5.53. The number of fused-ring (bicyclic) bond motifs is 1. The Morgan fingerprint density at radius 2 is 1.54 bits per heavy atom. The van der Waals surface area contributed by atoms with Gasteiger partial charge in [0.15, 0.2) is 5.96 Å². The molecule has 0 fully saturated rings. The van der Waals surface area contributed by atoms with Gasteiger partial charge < -0.3 is 37.9 Å². The molecule has 3 rings (SSSR count). The number of guanidine groups is 1. The molecule has 0 radical (unpaired) electrons. The van der Waals surface area contributed by atoms with Crippen LogP contribution < -0.4 is 27.8 Å². The summed E-state index contributed by atoms with van der Waals surface area (Å²) in [6.07, 6.45) is -4.16. The average molecular weight is 578 g/mol. The number of benzene rings is 2. The summed E-state index contributed by atoms with van der Waals surface area (Å²) in [7, 11) is 0. The van der Waals surface area contributed by atoms with Crippen LogP contribution in [0.15, 0.2) is 65.7 Å². The number of rotatable bonds is 11. The average Bonchev–Trinajstić information content (AvgIpc) is 3.35. The van der Waals surface area contributed by atoms with Crippen LogP contribution in [0.25, 0.3) is 10.9 Å². The summed E-state index contributed by atoms with van der Waals surface area (Å²) in [6, 6.07) is 16.5. The second-order valence-corrected chi connectivity index (χ2v) is 8.70. The number of H-pyrrole nitrogens is 1. The van der Waals surface area contributed by atoms with E-state index in [0.29, 0.717) is 12.1 Å². The number of aromatic amines is 1. The smallest absolute Gasteiger partial charge is 0.475 e. The van der Waals surface area contributed by atoms with Crippen molar-refractivity contribution in [1.82, 2.24) is 15.6 Å². The minimum Gasteiger partial charge on any atom is -0.475 e. The zero-order valence-electron chi connectivity index (χ0n) is 21.6. The molecule has 0 aliphatic heterocycles. The Balaban J connectivity index is 0.000000745. The maximum absolute atomic E-state index is 13.1. The van der Waals surface area contributed by atoms with Crippen LogP contribution in [0.5, 0.6) is 0 Å². The van der Waals surface area contributed by atoms with Crippen molar-refractivity contribution in [2.75, 3.05) is 6.54 Å². The van der Waals surface area contributed by atoms with E-state index in [0.717, 1.165) is 16.5 Å². The summed E-state index contributed by atoms with van der Waals surface area (Å²) in [6.45, 7) is 0.289. The Morgan fingerprint density at radius 1 is 0.927 bits per heavy atom.